The second-order valence-corrected chi connectivity index (χ2v) is 11.2. The van der Waals surface area contributed by atoms with Gasteiger partial charge in [-0.25, -0.2) is 0 Å². The highest BCUT2D eigenvalue weighted by Crippen LogP contribution is 2.65. The van der Waals surface area contributed by atoms with Gasteiger partial charge in [0.15, 0.2) is 0 Å². The Morgan fingerprint density at radius 3 is 2.39 bits per heavy atom. The van der Waals surface area contributed by atoms with Gasteiger partial charge in [0.1, 0.15) is 12.1 Å². The fourth-order valence-corrected chi connectivity index (χ4v) is 6.44. The van der Waals surface area contributed by atoms with Crippen LogP contribution in [-0.4, -0.2) is 59.7 Å². The van der Waals surface area contributed by atoms with Crippen LogP contribution in [0.1, 0.15) is 59.3 Å². The molecule has 2 heterocycles. The van der Waals surface area contributed by atoms with Crippen LogP contribution >= 0.6 is 12.4 Å². The molecule has 0 bridgehead atoms. The van der Waals surface area contributed by atoms with Crippen molar-refractivity contribution in [3.8, 4) is 0 Å². The molecule has 9 nitrogen and oxygen atoms in total. The van der Waals surface area contributed by atoms with Crippen molar-refractivity contribution < 1.29 is 19.2 Å². The van der Waals surface area contributed by atoms with Crippen LogP contribution in [0.5, 0.6) is 0 Å². The third-order valence-corrected chi connectivity index (χ3v) is 8.87. The molecule has 2 saturated carbocycles. The predicted octanol–water partition coefficient (Wildman–Crippen LogP) is 0.295. The molecule has 6 N–H and O–H groups in total. The molecule has 6 atom stereocenters. The standard InChI is InChI=1S/C23H37N5O4.ClH/c1-22(2)13-11-28(21(32)17(24)23(3)7-4-5-8-23)16(15(13)22)20(31)27-14(18(25)29)10-12-6-9-26-19(12)30;/h12-17H,4-11,24H2,1-3H3,(H2,25,29)(H,26,30)(H,27,31);1H/t12-,13-,14-,15-,16-,17+;/m0./s1. The summed E-state index contributed by atoms with van der Waals surface area (Å²) in [4.78, 5) is 52.5. The monoisotopic (exact) mass is 483 g/mol. The van der Waals surface area contributed by atoms with Gasteiger partial charge in [-0.15, -0.1) is 12.4 Å². The quantitative estimate of drug-likeness (QED) is 0.411. The van der Waals surface area contributed by atoms with Crippen molar-refractivity contribution >= 4 is 36.0 Å². The minimum atomic E-state index is -0.949. The van der Waals surface area contributed by atoms with E-state index in [-0.39, 0.29) is 65.1 Å². The Morgan fingerprint density at radius 1 is 1.21 bits per heavy atom. The van der Waals surface area contributed by atoms with Gasteiger partial charge in [-0.1, -0.05) is 33.6 Å². The van der Waals surface area contributed by atoms with Gasteiger partial charge in [0, 0.05) is 19.0 Å². The predicted molar refractivity (Wildman–Crippen MR) is 125 cm³/mol. The maximum Gasteiger partial charge on any atom is 0.243 e. The molecule has 10 heteroatoms. The van der Waals surface area contributed by atoms with Crippen molar-refractivity contribution in [3.05, 3.63) is 0 Å². The van der Waals surface area contributed by atoms with Gasteiger partial charge in [0.05, 0.1) is 6.04 Å². The van der Waals surface area contributed by atoms with Crippen LogP contribution in [0.3, 0.4) is 0 Å². The normalized spacial score (nSPS) is 32.8. The molecule has 33 heavy (non-hydrogen) atoms. The number of nitrogens with zero attached hydrogens (tertiary/aromatic N) is 1. The molecule has 4 aliphatic rings. The molecule has 0 spiro atoms. The van der Waals surface area contributed by atoms with Gasteiger partial charge < -0.3 is 27.0 Å². The molecular formula is C23H38ClN5O4. The van der Waals surface area contributed by atoms with E-state index in [1.807, 2.05) is 0 Å². The van der Waals surface area contributed by atoms with Crippen LogP contribution < -0.4 is 22.1 Å². The summed E-state index contributed by atoms with van der Waals surface area (Å²) in [5.41, 5.74) is 11.7. The van der Waals surface area contributed by atoms with Gasteiger partial charge in [0.2, 0.25) is 23.6 Å². The smallest absolute Gasteiger partial charge is 0.243 e. The molecule has 0 unspecified atom stereocenters. The maximum atomic E-state index is 13.4. The first-order chi connectivity index (χ1) is 15.0. The molecular weight excluding hydrogens is 446 g/mol. The lowest BCUT2D eigenvalue weighted by molar-refractivity contribution is -0.144. The Kier molecular flexibility index (Phi) is 7.07. The number of likely N-dealkylation sites (tertiary alicyclic amines) is 1. The number of carbonyl (C=O) groups excluding carboxylic acids is 4. The number of amides is 4. The Bertz CT molecular complexity index is 828. The fourth-order valence-electron chi connectivity index (χ4n) is 6.44. The van der Waals surface area contributed by atoms with Gasteiger partial charge in [-0.2, -0.15) is 0 Å². The Balaban J connectivity index is 0.00000306. The zero-order chi connectivity index (χ0) is 23.4. The van der Waals surface area contributed by atoms with Crippen molar-refractivity contribution in [2.24, 2.45) is 40.1 Å². The summed E-state index contributed by atoms with van der Waals surface area (Å²) in [6.07, 6.45) is 4.73. The fraction of sp³-hybridized carbons (Fsp3) is 0.826. The number of nitrogens with one attached hydrogen (secondary N) is 2. The van der Waals surface area contributed by atoms with E-state index in [1.54, 1.807) is 4.90 Å². The van der Waals surface area contributed by atoms with Crippen molar-refractivity contribution in [1.29, 1.82) is 0 Å². The lowest BCUT2D eigenvalue weighted by atomic mass is 9.80. The van der Waals surface area contributed by atoms with Crippen molar-refractivity contribution in [3.63, 3.8) is 0 Å². The number of primary amides is 1. The summed E-state index contributed by atoms with van der Waals surface area (Å²) in [5, 5.41) is 5.52. The lowest BCUT2D eigenvalue weighted by Crippen LogP contribution is -2.59. The van der Waals surface area contributed by atoms with Crippen LogP contribution in [0.15, 0.2) is 0 Å². The molecule has 0 radical (unpaired) electrons. The molecule has 4 fully saturated rings. The average molecular weight is 484 g/mol. The summed E-state index contributed by atoms with van der Waals surface area (Å²) < 4.78 is 0. The zero-order valence-electron chi connectivity index (χ0n) is 19.8. The maximum absolute atomic E-state index is 13.4. The van der Waals surface area contributed by atoms with Crippen LogP contribution in [0.2, 0.25) is 0 Å². The number of piperidine rings is 1. The highest BCUT2D eigenvalue weighted by molar-refractivity contribution is 5.94. The number of hydrogen-bond acceptors (Lipinski definition) is 5. The van der Waals surface area contributed by atoms with E-state index in [4.69, 9.17) is 11.5 Å². The summed E-state index contributed by atoms with van der Waals surface area (Å²) >= 11 is 0. The van der Waals surface area contributed by atoms with Crippen molar-refractivity contribution in [1.82, 2.24) is 15.5 Å². The van der Waals surface area contributed by atoms with Crippen LogP contribution in [-0.2, 0) is 19.2 Å². The Hall–Kier alpha value is -1.87. The van der Waals surface area contributed by atoms with Gasteiger partial charge in [-0.3, -0.25) is 19.2 Å². The number of rotatable bonds is 7. The molecule has 2 aliphatic carbocycles. The number of hydrogen-bond donors (Lipinski definition) is 4. The third-order valence-electron chi connectivity index (χ3n) is 8.87. The average Bonchev–Trinajstić information content (AvgIpc) is 3.25. The van der Waals surface area contributed by atoms with Crippen molar-refractivity contribution in [2.75, 3.05) is 13.1 Å². The number of fused-ring (bicyclic) bond motifs is 1. The van der Waals surface area contributed by atoms with Gasteiger partial charge in [0.25, 0.3) is 0 Å². The first kappa shape index (κ1) is 25.7. The second-order valence-electron chi connectivity index (χ2n) is 11.2. The summed E-state index contributed by atoms with van der Waals surface area (Å²) in [7, 11) is 0. The highest BCUT2D eigenvalue weighted by atomic mass is 35.5. The Labute approximate surface area is 201 Å². The minimum Gasteiger partial charge on any atom is -0.368 e. The summed E-state index contributed by atoms with van der Waals surface area (Å²) in [6.45, 7) is 7.34. The molecule has 0 aromatic carbocycles. The Morgan fingerprint density at radius 2 is 1.85 bits per heavy atom. The molecule has 2 saturated heterocycles. The summed E-state index contributed by atoms with van der Waals surface area (Å²) in [6, 6.07) is -2.26. The van der Waals surface area contributed by atoms with Gasteiger partial charge >= 0.3 is 0 Å². The van der Waals surface area contributed by atoms with Crippen LogP contribution in [0, 0.1) is 28.6 Å². The van der Waals surface area contributed by atoms with E-state index in [0.717, 1.165) is 25.7 Å². The molecule has 0 aromatic rings. The zero-order valence-corrected chi connectivity index (χ0v) is 20.6. The molecule has 2 aliphatic heterocycles. The highest BCUT2D eigenvalue weighted by Gasteiger charge is 2.69. The topological polar surface area (TPSA) is 148 Å². The molecule has 186 valence electrons. The first-order valence-electron chi connectivity index (χ1n) is 11.9. The second kappa shape index (κ2) is 9.06. The first-order valence-corrected chi connectivity index (χ1v) is 11.9. The van der Waals surface area contributed by atoms with Crippen LogP contribution in [0.4, 0.5) is 0 Å². The number of carbonyl (C=O) groups is 4. The van der Waals surface area contributed by atoms with E-state index in [9.17, 15) is 19.2 Å². The third kappa shape index (κ3) is 4.46. The molecule has 4 rings (SSSR count). The molecule has 4 amide bonds. The largest absolute Gasteiger partial charge is 0.368 e. The molecule has 0 aromatic heterocycles. The van der Waals surface area contributed by atoms with E-state index < -0.39 is 24.0 Å². The number of nitrogens with two attached hydrogens (primary N) is 2. The summed E-state index contributed by atoms with van der Waals surface area (Å²) in [5.74, 6) is -1.43. The van der Waals surface area contributed by atoms with E-state index in [1.165, 1.54) is 0 Å². The lowest BCUT2D eigenvalue weighted by Gasteiger charge is -2.37. The van der Waals surface area contributed by atoms with E-state index in [0.29, 0.717) is 19.5 Å². The number of halogens is 1. The van der Waals surface area contributed by atoms with E-state index in [2.05, 4.69) is 31.4 Å². The van der Waals surface area contributed by atoms with Crippen LogP contribution in [0.25, 0.3) is 0 Å². The van der Waals surface area contributed by atoms with Crippen molar-refractivity contribution in [2.45, 2.75) is 77.4 Å². The minimum absolute atomic E-state index is 0. The van der Waals surface area contributed by atoms with E-state index >= 15 is 0 Å². The SMILES string of the molecule is CC1([C@H](N)C(=O)N2C[C@H]3[C@@H]([C@H]2C(=O)N[C@@H](C[C@@H]2CCNC2=O)C(N)=O)C3(C)C)CCCC1.Cl. The van der Waals surface area contributed by atoms with Gasteiger partial charge in [-0.05, 0) is 48.3 Å².